The van der Waals surface area contributed by atoms with Crippen LogP contribution in [-0.4, -0.2) is 12.3 Å². The highest BCUT2D eigenvalue weighted by molar-refractivity contribution is 5.76. The van der Waals surface area contributed by atoms with Crippen LogP contribution in [0, 0.1) is 5.41 Å². The maximum atomic E-state index is 5.91. The summed E-state index contributed by atoms with van der Waals surface area (Å²) in [4.78, 5) is 0. The molecule has 4 nitrogen and oxygen atoms in total. The van der Waals surface area contributed by atoms with E-state index in [0.717, 1.165) is 29.0 Å². The van der Waals surface area contributed by atoms with Crippen LogP contribution < -0.4 is 10.5 Å². The molecule has 0 amide bonds. The van der Waals surface area contributed by atoms with Gasteiger partial charge in [0.15, 0.2) is 0 Å². The molecule has 2 aromatic rings. The number of rotatable bonds is 3. The SMILES string of the molecule is COc1cccc(-c2c(CC(C)(C)C)noc2N)c1. The van der Waals surface area contributed by atoms with Crippen molar-refractivity contribution in [2.45, 2.75) is 27.2 Å². The third-order valence-electron chi connectivity index (χ3n) is 2.85. The zero-order valence-corrected chi connectivity index (χ0v) is 11.9. The van der Waals surface area contributed by atoms with Crippen LogP contribution in [0.1, 0.15) is 26.5 Å². The summed E-state index contributed by atoms with van der Waals surface area (Å²) in [6, 6.07) is 7.75. The maximum absolute atomic E-state index is 5.91. The van der Waals surface area contributed by atoms with Gasteiger partial charge >= 0.3 is 0 Å². The number of aromatic nitrogens is 1. The Labute approximate surface area is 113 Å². The standard InChI is InChI=1S/C15H20N2O2/c1-15(2,3)9-12-13(14(16)19-17-12)10-6-5-7-11(8-10)18-4/h5-8H,9,16H2,1-4H3. The van der Waals surface area contributed by atoms with Crippen molar-refractivity contribution in [2.75, 3.05) is 12.8 Å². The van der Waals surface area contributed by atoms with Gasteiger partial charge in [0.25, 0.3) is 0 Å². The predicted octanol–water partition coefficient (Wildman–Crippen LogP) is 3.52. The third kappa shape index (κ3) is 3.08. The van der Waals surface area contributed by atoms with Gasteiger partial charge in [0.05, 0.1) is 18.4 Å². The fourth-order valence-electron chi connectivity index (χ4n) is 2.05. The maximum Gasteiger partial charge on any atom is 0.230 e. The molecule has 2 N–H and O–H groups in total. The lowest BCUT2D eigenvalue weighted by atomic mass is 9.88. The lowest BCUT2D eigenvalue weighted by molar-refractivity contribution is 0.377. The highest BCUT2D eigenvalue weighted by Gasteiger charge is 2.21. The fraction of sp³-hybridized carbons (Fsp3) is 0.400. The molecule has 0 spiro atoms. The molecule has 0 unspecified atom stereocenters. The van der Waals surface area contributed by atoms with Crippen molar-refractivity contribution >= 4 is 5.88 Å². The zero-order chi connectivity index (χ0) is 14.0. The Balaban J connectivity index is 2.46. The molecule has 4 heteroatoms. The molecule has 0 saturated carbocycles. The minimum Gasteiger partial charge on any atom is -0.497 e. The molecule has 0 saturated heterocycles. The average Bonchev–Trinajstić information content (AvgIpc) is 2.68. The number of benzene rings is 1. The summed E-state index contributed by atoms with van der Waals surface area (Å²) in [5.74, 6) is 1.15. The quantitative estimate of drug-likeness (QED) is 0.917. The topological polar surface area (TPSA) is 61.3 Å². The van der Waals surface area contributed by atoms with E-state index < -0.39 is 0 Å². The second-order valence-corrected chi connectivity index (χ2v) is 5.84. The van der Waals surface area contributed by atoms with Crippen LogP contribution in [0.15, 0.2) is 28.8 Å². The van der Waals surface area contributed by atoms with Gasteiger partial charge in [-0.3, -0.25) is 0 Å². The van der Waals surface area contributed by atoms with Crippen LogP contribution >= 0.6 is 0 Å². The van der Waals surface area contributed by atoms with Gasteiger partial charge in [-0.1, -0.05) is 38.1 Å². The molecule has 2 rings (SSSR count). The van der Waals surface area contributed by atoms with E-state index in [1.807, 2.05) is 24.3 Å². The molecule has 0 aliphatic heterocycles. The van der Waals surface area contributed by atoms with Crippen molar-refractivity contribution < 1.29 is 9.26 Å². The Kier molecular flexibility index (Phi) is 3.51. The van der Waals surface area contributed by atoms with Crippen LogP contribution in [0.4, 0.5) is 5.88 Å². The normalized spacial score (nSPS) is 11.6. The number of nitrogen functional groups attached to an aromatic ring is 1. The molecular formula is C15H20N2O2. The highest BCUT2D eigenvalue weighted by atomic mass is 16.5. The molecule has 0 atom stereocenters. The molecule has 19 heavy (non-hydrogen) atoms. The van der Waals surface area contributed by atoms with Gasteiger partial charge in [0.2, 0.25) is 5.88 Å². The van der Waals surface area contributed by atoms with Crippen LogP contribution in [-0.2, 0) is 6.42 Å². The minimum absolute atomic E-state index is 0.122. The van der Waals surface area contributed by atoms with E-state index in [2.05, 4.69) is 25.9 Å². The van der Waals surface area contributed by atoms with Crippen LogP contribution in [0.2, 0.25) is 0 Å². The Morgan fingerprint density at radius 1 is 1.32 bits per heavy atom. The van der Waals surface area contributed by atoms with E-state index in [0.29, 0.717) is 5.88 Å². The molecule has 0 bridgehead atoms. The molecular weight excluding hydrogens is 240 g/mol. The van der Waals surface area contributed by atoms with E-state index >= 15 is 0 Å². The Hall–Kier alpha value is -1.97. The summed E-state index contributed by atoms with van der Waals surface area (Å²) in [6.45, 7) is 6.48. The number of hydrogen-bond acceptors (Lipinski definition) is 4. The zero-order valence-electron chi connectivity index (χ0n) is 11.9. The van der Waals surface area contributed by atoms with Gasteiger partial charge in [-0.05, 0) is 29.5 Å². The number of ether oxygens (including phenoxy) is 1. The summed E-state index contributed by atoms with van der Waals surface area (Å²) < 4.78 is 10.4. The molecule has 1 aromatic carbocycles. The lowest BCUT2D eigenvalue weighted by Gasteiger charge is -2.16. The van der Waals surface area contributed by atoms with Gasteiger partial charge < -0.3 is 15.0 Å². The molecule has 0 radical (unpaired) electrons. The predicted molar refractivity (Wildman–Crippen MR) is 76.1 cm³/mol. The monoisotopic (exact) mass is 260 g/mol. The van der Waals surface area contributed by atoms with Crippen molar-refractivity contribution in [1.82, 2.24) is 5.16 Å². The number of hydrogen-bond donors (Lipinski definition) is 1. The van der Waals surface area contributed by atoms with Crippen LogP contribution in [0.3, 0.4) is 0 Å². The van der Waals surface area contributed by atoms with Crippen molar-refractivity contribution in [2.24, 2.45) is 5.41 Å². The summed E-state index contributed by atoms with van der Waals surface area (Å²) >= 11 is 0. The summed E-state index contributed by atoms with van der Waals surface area (Å²) in [5.41, 5.74) is 8.76. The Bertz CT molecular complexity index is 568. The highest BCUT2D eigenvalue weighted by Crippen LogP contribution is 2.34. The third-order valence-corrected chi connectivity index (χ3v) is 2.85. The Morgan fingerprint density at radius 3 is 2.68 bits per heavy atom. The molecule has 1 heterocycles. The molecule has 0 aliphatic rings. The number of nitrogens with zero attached hydrogens (tertiary/aromatic N) is 1. The molecule has 102 valence electrons. The summed E-state index contributed by atoms with van der Waals surface area (Å²) in [5, 5.41) is 4.09. The van der Waals surface area contributed by atoms with Crippen molar-refractivity contribution in [3.8, 4) is 16.9 Å². The van der Waals surface area contributed by atoms with E-state index in [-0.39, 0.29) is 5.41 Å². The van der Waals surface area contributed by atoms with Gasteiger partial charge in [-0.15, -0.1) is 0 Å². The van der Waals surface area contributed by atoms with Crippen molar-refractivity contribution in [3.63, 3.8) is 0 Å². The minimum atomic E-state index is 0.122. The van der Waals surface area contributed by atoms with E-state index in [4.69, 9.17) is 15.0 Å². The largest absolute Gasteiger partial charge is 0.497 e. The first-order valence-corrected chi connectivity index (χ1v) is 6.29. The number of anilines is 1. The van der Waals surface area contributed by atoms with Gasteiger partial charge in [-0.25, -0.2) is 0 Å². The average molecular weight is 260 g/mol. The number of methoxy groups -OCH3 is 1. The van der Waals surface area contributed by atoms with E-state index in [1.54, 1.807) is 7.11 Å². The second kappa shape index (κ2) is 4.96. The Morgan fingerprint density at radius 2 is 2.05 bits per heavy atom. The van der Waals surface area contributed by atoms with Crippen LogP contribution in [0.5, 0.6) is 5.75 Å². The van der Waals surface area contributed by atoms with Gasteiger partial charge in [0.1, 0.15) is 5.75 Å². The molecule has 0 fully saturated rings. The summed E-state index contributed by atoms with van der Waals surface area (Å²) in [6.07, 6.45) is 0.806. The fourth-order valence-corrected chi connectivity index (χ4v) is 2.05. The first-order chi connectivity index (χ1) is 8.90. The van der Waals surface area contributed by atoms with Gasteiger partial charge in [-0.2, -0.15) is 0 Å². The van der Waals surface area contributed by atoms with Crippen molar-refractivity contribution in [3.05, 3.63) is 30.0 Å². The summed E-state index contributed by atoms with van der Waals surface area (Å²) in [7, 11) is 1.64. The van der Waals surface area contributed by atoms with Gasteiger partial charge in [0, 0.05) is 0 Å². The first-order valence-electron chi connectivity index (χ1n) is 6.29. The molecule has 0 aliphatic carbocycles. The smallest absolute Gasteiger partial charge is 0.230 e. The van der Waals surface area contributed by atoms with Crippen LogP contribution in [0.25, 0.3) is 11.1 Å². The second-order valence-electron chi connectivity index (χ2n) is 5.84. The number of nitrogens with two attached hydrogens (primary N) is 1. The van der Waals surface area contributed by atoms with Crippen molar-refractivity contribution in [1.29, 1.82) is 0 Å². The first kappa shape index (κ1) is 13.5. The van der Waals surface area contributed by atoms with E-state index in [1.165, 1.54) is 0 Å². The lowest BCUT2D eigenvalue weighted by Crippen LogP contribution is -2.10. The molecule has 1 aromatic heterocycles. The van der Waals surface area contributed by atoms with E-state index in [9.17, 15) is 0 Å².